The van der Waals surface area contributed by atoms with E-state index in [0.717, 1.165) is 16.1 Å². The molecule has 28 heavy (non-hydrogen) atoms. The summed E-state index contributed by atoms with van der Waals surface area (Å²) in [6.07, 6.45) is 2.97. The second-order valence-electron chi connectivity index (χ2n) is 6.44. The first-order valence-corrected chi connectivity index (χ1v) is 10.9. The number of hydrazone groups is 1. The van der Waals surface area contributed by atoms with Crippen molar-refractivity contribution >= 4 is 38.2 Å². The molecule has 0 bridgehead atoms. The number of hydrogen-bond donors (Lipinski definition) is 0. The van der Waals surface area contributed by atoms with E-state index in [0.29, 0.717) is 41.3 Å². The molecule has 0 unspecified atom stereocenters. The zero-order valence-corrected chi connectivity index (χ0v) is 16.9. The minimum atomic E-state index is -3.62. The van der Waals surface area contributed by atoms with Crippen LogP contribution in [0.5, 0.6) is 5.75 Å². The van der Waals surface area contributed by atoms with Crippen molar-refractivity contribution in [2.45, 2.75) is 19.4 Å². The summed E-state index contributed by atoms with van der Waals surface area (Å²) in [6, 6.07) is 10.2. The number of pyridine rings is 1. The maximum absolute atomic E-state index is 12.4. The van der Waals surface area contributed by atoms with Crippen molar-refractivity contribution in [1.82, 2.24) is 9.40 Å². The number of halogens is 1. The number of rotatable bonds is 5. The summed E-state index contributed by atoms with van der Waals surface area (Å²) in [5.74, 6) is 1.24. The second kappa shape index (κ2) is 7.10. The minimum Gasteiger partial charge on any atom is -0.494 e. The minimum absolute atomic E-state index is 0.242. The molecule has 0 N–H and O–H groups in total. The van der Waals surface area contributed by atoms with Crippen molar-refractivity contribution in [2.24, 2.45) is 5.10 Å². The summed E-state index contributed by atoms with van der Waals surface area (Å²) in [4.78, 5) is 4.44. The molecule has 7 nitrogen and oxygen atoms in total. The maximum Gasteiger partial charge on any atom is 0.247 e. The van der Waals surface area contributed by atoms with Gasteiger partial charge in [-0.1, -0.05) is 11.6 Å². The third-order valence-corrected chi connectivity index (χ3v) is 5.77. The van der Waals surface area contributed by atoms with Gasteiger partial charge in [-0.25, -0.2) is 13.4 Å². The van der Waals surface area contributed by atoms with E-state index in [9.17, 15) is 8.42 Å². The van der Waals surface area contributed by atoms with Crippen molar-refractivity contribution in [3.63, 3.8) is 0 Å². The fraction of sp³-hybridized carbons (Fsp3) is 0.263. The molecule has 0 saturated heterocycles. The molecule has 3 heterocycles. The van der Waals surface area contributed by atoms with E-state index in [1.165, 1.54) is 6.26 Å². The van der Waals surface area contributed by atoms with Crippen molar-refractivity contribution < 1.29 is 17.6 Å². The van der Waals surface area contributed by atoms with Gasteiger partial charge in [0.1, 0.15) is 22.4 Å². The average molecular weight is 420 g/mol. The quantitative estimate of drug-likeness (QED) is 0.583. The highest BCUT2D eigenvalue weighted by atomic mass is 35.5. The lowest BCUT2D eigenvalue weighted by Gasteiger charge is -2.22. The Bertz CT molecular complexity index is 1160. The number of ether oxygens (including phenoxy) is 1. The second-order valence-corrected chi connectivity index (χ2v) is 8.63. The first-order valence-electron chi connectivity index (χ1n) is 8.70. The molecule has 0 spiro atoms. The number of benzene rings is 1. The molecule has 1 aliphatic rings. The average Bonchev–Trinajstić information content (AvgIpc) is 3.31. The number of furan rings is 1. The van der Waals surface area contributed by atoms with E-state index in [1.807, 2.05) is 31.2 Å². The van der Waals surface area contributed by atoms with Crippen molar-refractivity contribution in [1.29, 1.82) is 0 Å². The summed E-state index contributed by atoms with van der Waals surface area (Å²) in [5.41, 5.74) is 1.83. The zero-order chi connectivity index (χ0) is 19.9. The van der Waals surface area contributed by atoms with Gasteiger partial charge >= 0.3 is 0 Å². The molecule has 3 aromatic rings. The largest absolute Gasteiger partial charge is 0.494 e. The monoisotopic (exact) mass is 419 g/mol. The fourth-order valence-electron chi connectivity index (χ4n) is 3.26. The number of fused-ring (bicyclic) bond motifs is 1. The van der Waals surface area contributed by atoms with Crippen molar-refractivity contribution in [3.05, 3.63) is 59.1 Å². The van der Waals surface area contributed by atoms with Gasteiger partial charge in [-0.15, -0.1) is 0 Å². The molecule has 0 saturated carbocycles. The third kappa shape index (κ3) is 3.45. The Kier molecular flexibility index (Phi) is 4.76. The Morgan fingerprint density at radius 1 is 1.32 bits per heavy atom. The Balaban J connectivity index is 1.80. The number of hydrogen-bond acceptors (Lipinski definition) is 6. The Morgan fingerprint density at radius 2 is 2.14 bits per heavy atom. The van der Waals surface area contributed by atoms with Crippen LogP contribution in [0, 0.1) is 0 Å². The molecule has 1 atom stereocenters. The van der Waals surface area contributed by atoms with Crippen LogP contribution in [-0.4, -0.2) is 36.4 Å². The molecule has 2 aromatic heterocycles. The standard InChI is InChI=1S/C19H18ClN3O4S/c1-3-26-13-6-7-15-12(9-13)10-14(19(20)21-15)17-11-16(18-5-4-8-27-18)22-23(17)28(2,24)25/h4-10,17H,3,11H2,1-2H3/t17-/m1/s1. The van der Waals surface area contributed by atoms with Crippen LogP contribution in [0.1, 0.15) is 30.7 Å². The molecule has 0 fully saturated rings. The Labute approximate surface area is 167 Å². The summed E-state index contributed by atoms with van der Waals surface area (Å²) >= 11 is 6.43. The predicted molar refractivity (Wildman–Crippen MR) is 107 cm³/mol. The summed E-state index contributed by atoms with van der Waals surface area (Å²) in [7, 11) is -3.62. The van der Waals surface area contributed by atoms with E-state index in [-0.39, 0.29) is 5.15 Å². The highest BCUT2D eigenvalue weighted by molar-refractivity contribution is 7.88. The topological polar surface area (TPSA) is 85.0 Å². The van der Waals surface area contributed by atoms with E-state index in [1.54, 1.807) is 12.1 Å². The molecule has 0 aliphatic carbocycles. The highest BCUT2D eigenvalue weighted by Gasteiger charge is 2.37. The Morgan fingerprint density at radius 3 is 2.82 bits per heavy atom. The van der Waals surface area contributed by atoms with Gasteiger partial charge in [0.15, 0.2) is 0 Å². The van der Waals surface area contributed by atoms with E-state index in [4.69, 9.17) is 20.8 Å². The molecule has 0 amide bonds. The third-order valence-electron chi connectivity index (χ3n) is 4.45. The summed E-state index contributed by atoms with van der Waals surface area (Å²) in [5, 5.41) is 5.34. The molecule has 9 heteroatoms. The van der Waals surface area contributed by atoms with Crippen molar-refractivity contribution in [3.8, 4) is 5.75 Å². The van der Waals surface area contributed by atoms with Crippen LogP contribution < -0.4 is 4.74 Å². The normalized spacial score (nSPS) is 17.2. The molecule has 146 valence electrons. The molecule has 0 radical (unpaired) electrons. The number of sulfonamides is 1. The summed E-state index contributed by atoms with van der Waals surface area (Å²) in [6.45, 7) is 2.45. The van der Waals surface area contributed by atoms with Gasteiger partial charge in [0.05, 0.1) is 30.7 Å². The van der Waals surface area contributed by atoms with Crippen LogP contribution in [0.3, 0.4) is 0 Å². The van der Waals surface area contributed by atoms with Crippen LogP contribution in [0.2, 0.25) is 5.15 Å². The fourth-order valence-corrected chi connectivity index (χ4v) is 4.42. The van der Waals surface area contributed by atoms with Crippen LogP contribution in [0.15, 0.2) is 52.2 Å². The SMILES string of the molecule is CCOc1ccc2nc(Cl)c([C@H]3CC(c4ccco4)=NN3S(C)(=O)=O)cc2c1. The number of aromatic nitrogens is 1. The lowest BCUT2D eigenvalue weighted by atomic mass is 10.0. The molecular formula is C19H18ClN3O4S. The lowest BCUT2D eigenvalue weighted by Crippen LogP contribution is -2.26. The van der Waals surface area contributed by atoms with Crippen LogP contribution in [0.25, 0.3) is 10.9 Å². The zero-order valence-electron chi connectivity index (χ0n) is 15.3. The lowest BCUT2D eigenvalue weighted by molar-refractivity contribution is 0.340. The number of nitrogens with zero attached hydrogens (tertiary/aromatic N) is 3. The van der Waals surface area contributed by atoms with Gasteiger partial charge in [0, 0.05) is 17.4 Å². The van der Waals surface area contributed by atoms with Gasteiger partial charge in [-0.3, -0.25) is 0 Å². The Hall–Kier alpha value is -2.58. The van der Waals surface area contributed by atoms with Crippen LogP contribution in [0.4, 0.5) is 0 Å². The van der Waals surface area contributed by atoms with Gasteiger partial charge < -0.3 is 9.15 Å². The maximum atomic E-state index is 12.4. The molecular weight excluding hydrogens is 402 g/mol. The van der Waals surface area contributed by atoms with Crippen LogP contribution >= 0.6 is 11.6 Å². The highest BCUT2D eigenvalue weighted by Crippen LogP contribution is 2.38. The van der Waals surface area contributed by atoms with E-state index < -0.39 is 16.1 Å². The van der Waals surface area contributed by atoms with E-state index >= 15 is 0 Å². The summed E-state index contributed by atoms with van der Waals surface area (Å²) < 4.78 is 36.7. The van der Waals surface area contributed by atoms with Gasteiger partial charge in [0.2, 0.25) is 10.0 Å². The molecule has 1 aromatic carbocycles. The first kappa shape index (κ1) is 18.8. The van der Waals surface area contributed by atoms with Crippen molar-refractivity contribution in [2.75, 3.05) is 12.9 Å². The van der Waals surface area contributed by atoms with Gasteiger partial charge in [0.25, 0.3) is 0 Å². The van der Waals surface area contributed by atoms with E-state index in [2.05, 4.69) is 10.1 Å². The van der Waals surface area contributed by atoms with Gasteiger partial charge in [-0.2, -0.15) is 9.52 Å². The molecule has 4 rings (SSSR count). The molecule has 1 aliphatic heterocycles. The first-order chi connectivity index (χ1) is 13.4. The van der Waals surface area contributed by atoms with Gasteiger partial charge in [-0.05, 0) is 43.3 Å². The predicted octanol–water partition coefficient (Wildman–Crippen LogP) is 3.99. The smallest absolute Gasteiger partial charge is 0.247 e. The van der Waals surface area contributed by atoms with Crippen LogP contribution in [-0.2, 0) is 10.0 Å².